The molecule has 2 aromatic heterocycles. The molecule has 2 N–H and O–H groups in total. The quantitative estimate of drug-likeness (QED) is 0.833. The van der Waals surface area contributed by atoms with Gasteiger partial charge in [0.2, 0.25) is 0 Å². The minimum Gasteiger partial charge on any atom is -0.384 e. The molecule has 0 aromatic carbocycles. The lowest BCUT2D eigenvalue weighted by Gasteiger charge is -2.05. The zero-order valence-corrected chi connectivity index (χ0v) is 10.1. The zero-order chi connectivity index (χ0) is 11.9. The van der Waals surface area contributed by atoms with Gasteiger partial charge < -0.3 is 5.73 Å². The summed E-state index contributed by atoms with van der Waals surface area (Å²) >= 11 is 0. The maximum absolute atomic E-state index is 6.01. The molecule has 2 heterocycles. The zero-order valence-electron chi connectivity index (χ0n) is 10.1. The summed E-state index contributed by atoms with van der Waals surface area (Å²) in [4.78, 5) is 0. The molecule has 0 unspecified atom stereocenters. The van der Waals surface area contributed by atoms with Gasteiger partial charge in [0.15, 0.2) is 0 Å². The largest absolute Gasteiger partial charge is 0.384 e. The van der Waals surface area contributed by atoms with Crippen LogP contribution in [0.1, 0.15) is 25.3 Å². The molecule has 0 saturated heterocycles. The Kier molecular flexibility index (Phi) is 2.46. The number of rotatable bonds is 2. The summed E-state index contributed by atoms with van der Waals surface area (Å²) < 4.78 is 3.48. The van der Waals surface area contributed by atoms with Gasteiger partial charge in [-0.05, 0) is 12.0 Å². The van der Waals surface area contributed by atoms with E-state index < -0.39 is 0 Å². The third-order valence-electron chi connectivity index (χ3n) is 2.66. The highest BCUT2D eigenvalue weighted by atomic mass is 15.3. The van der Waals surface area contributed by atoms with Gasteiger partial charge in [0.05, 0.1) is 0 Å². The fourth-order valence-corrected chi connectivity index (χ4v) is 1.85. The van der Waals surface area contributed by atoms with Crippen LogP contribution in [0.4, 0.5) is 5.82 Å². The predicted molar refractivity (Wildman–Crippen MR) is 63.9 cm³/mol. The Labute approximate surface area is 94.9 Å². The van der Waals surface area contributed by atoms with Gasteiger partial charge in [-0.3, -0.25) is 9.36 Å². The van der Waals surface area contributed by atoms with Crippen molar-refractivity contribution in [3.63, 3.8) is 0 Å². The topological polar surface area (TPSA) is 61.7 Å². The predicted octanol–water partition coefficient (Wildman–Crippen LogP) is 1.53. The first-order valence-electron chi connectivity index (χ1n) is 5.33. The van der Waals surface area contributed by atoms with E-state index in [2.05, 4.69) is 24.0 Å². The average molecular weight is 219 g/mol. The summed E-state index contributed by atoms with van der Waals surface area (Å²) in [5.74, 6) is 1.06. The van der Waals surface area contributed by atoms with Crippen molar-refractivity contribution < 1.29 is 0 Å². The molecule has 86 valence electrons. The number of aryl methyl sites for hydroxylation is 2. The van der Waals surface area contributed by atoms with Crippen molar-refractivity contribution in [1.29, 1.82) is 0 Å². The van der Waals surface area contributed by atoms with Crippen LogP contribution in [0.3, 0.4) is 0 Å². The maximum atomic E-state index is 6.01. The van der Waals surface area contributed by atoms with Crippen LogP contribution < -0.4 is 5.73 Å². The molecule has 0 radical (unpaired) electrons. The van der Waals surface area contributed by atoms with Gasteiger partial charge in [0, 0.05) is 25.9 Å². The standard InChI is InChI=1S/C11H17N5/c1-7(2)9-10(14-16(4)11(9)12)8-5-6-15(3)13-8/h5-7H,12H2,1-4H3. The summed E-state index contributed by atoms with van der Waals surface area (Å²) in [5.41, 5.74) is 8.84. The number of hydrogen-bond donors (Lipinski definition) is 1. The minimum atomic E-state index is 0.339. The molecule has 0 bridgehead atoms. The molecular weight excluding hydrogens is 202 g/mol. The van der Waals surface area contributed by atoms with Gasteiger partial charge in [-0.1, -0.05) is 13.8 Å². The van der Waals surface area contributed by atoms with E-state index in [1.807, 2.05) is 26.4 Å². The second kappa shape index (κ2) is 3.66. The second-order valence-corrected chi connectivity index (χ2v) is 4.30. The molecule has 0 aliphatic rings. The van der Waals surface area contributed by atoms with E-state index in [9.17, 15) is 0 Å². The lowest BCUT2D eigenvalue weighted by molar-refractivity contribution is 0.760. The molecule has 16 heavy (non-hydrogen) atoms. The van der Waals surface area contributed by atoms with Crippen LogP contribution in [0.5, 0.6) is 0 Å². The van der Waals surface area contributed by atoms with Gasteiger partial charge in [0.1, 0.15) is 17.2 Å². The second-order valence-electron chi connectivity index (χ2n) is 4.30. The van der Waals surface area contributed by atoms with E-state index in [4.69, 9.17) is 5.73 Å². The molecule has 0 saturated carbocycles. The highest BCUT2D eigenvalue weighted by Gasteiger charge is 2.19. The molecule has 0 aliphatic carbocycles. The van der Waals surface area contributed by atoms with Gasteiger partial charge in [0.25, 0.3) is 0 Å². The molecular formula is C11H17N5. The molecule has 0 aliphatic heterocycles. The van der Waals surface area contributed by atoms with Crippen LogP contribution in [-0.2, 0) is 14.1 Å². The number of hydrogen-bond acceptors (Lipinski definition) is 3. The van der Waals surface area contributed by atoms with Crippen molar-refractivity contribution in [2.75, 3.05) is 5.73 Å². The average Bonchev–Trinajstić information content (AvgIpc) is 2.73. The van der Waals surface area contributed by atoms with Crippen LogP contribution in [0.25, 0.3) is 11.4 Å². The van der Waals surface area contributed by atoms with E-state index in [1.54, 1.807) is 9.36 Å². The smallest absolute Gasteiger partial charge is 0.125 e. The molecule has 0 amide bonds. The number of nitrogen functional groups attached to an aromatic ring is 1. The monoisotopic (exact) mass is 219 g/mol. The molecule has 0 atom stereocenters. The Morgan fingerprint density at radius 3 is 2.44 bits per heavy atom. The summed E-state index contributed by atoms with van der Waals surface area (Å²) in [6.07, 6.45) is 1.91. The number of nitrogens with two attached hydrogens (primary N) is 1. The van der Waals surface area contributed by atoms with E-state index in [0.29, 0.717) is 5.92 Å². The van der Waals surface area contributed by atoms with E-state index in [0.717, 1.165) is 22.8 Å². The lowest BCUT2D eigenvalue weighted by Crippen LogP contribution is -2.00. The van der Waals surface area contributed by atoms with Crippen molar-refractivity contribution in [1.82, 2.24) is 19.6 Å². The summed E-state index contributed by atoms with van der Waals surface area (Å²) in [7, 11) is 3.75. The van der Waals surface area contributed by atoms with E-state index >= 15 is 0 Å². The molecule has 2 aromatic rings. The Hall–Kier alpha value is -1.78. The first-order valence-corrected chi connectivity index (χ1v) is 5.33. The highest BCUT2D eigenvalue weighted by Crippen LogP contribution is 2.31. The van der Waals surface area contributed by atoms with Crippen molar-refractivity contribution in [3.05, 3.63) is 17.8 Å². The first-order chi connectivity index (χ1) is 7.50. The summed E-state index contributed by atoms with van der Waals surface area (Å²) in [6, 6.07) is 1.95. The SMILES string of the molecule is CC(C)c1c(-c2ccn(C)n2)nn(C)c1N. The lowest BCUT2D eigenvalue weighted by atomic mass is 10.0. The van der Waals surface area contributed by atoms with Crippen LogP contribution in [0, 0.1) is 0 Å². The molecule has 5 heteroatoms. The fraction of sp³-hybridized carbons (Fsp3) is 0.455. The number of nitrogens with zero attached hydrogens (tertiary/aromatic N) is 4. The van der Waals surface area contributed by atoms with Crippen LogP contribution in [0.15, 0.2) is 12.3 Å². The Balaban J connectivity index is 2.60. The number of aromatic nitrogens is 4. The normalized spacial score (nSPS) is 11.3. The Morgan fingerprint density at radius 1 is 1.25 bits per heavy atom. The van der Waals surface area contributed by atoms with Gasteiger partial charge in [-0.25, -0.2) is 0 Å². The van der Waals surface area contributed by atoms with E-state index in [-0.39, 0.29) is 0 Å². The summed E-state index contributed by atoms with van der Waals surface area (Å²) in [5, 5.41) is 8.79. The third-order valence-corrected chi connectivity index (χ3v) is 2.66. The van der Waals surface area contributed by atoms with E-state index in [1.165, 1.54) is 0 Å². The van der Waals surface area contributed by atoms with Crippen molar-refractivity contribution in [2.45, 2.75) is 19.8 Å². The highest BCUT2D eigenvalue weighted by molar-refractivity contribution is 5.66. The molecule has 5 nitrogen and oxygen atoms in total. The van der Waals surface area contributed by atoms with Crippen molar-refractivity contribution >= 4 is 5.82 Å². The van der Waals surface area contributed by atoms with Crippen LogP contribution in [-0.4, -0.2) is 19.6 Å². The third kappa shape index (κ3) is 1.58. The Bertz CT molecular complexity index is 506. The van der Waals surface area contributed by atoms with Crippen molar-refractivity contribution in [3.8, 4) is 11.4 Å². The minimum absolute atomic E-state index is 0.339. The Morgan fingerprint density at radius 2 is 1.94 bits per heavy atom. The van der Waals surface area contributed by atoms with Gasteiger partial charge in [-0.2, -0.15) is 10.2 Å². The molecule has 0 spiro atoms. The van der Waals surface area contributed by atoms with Crippen LogP contribution >= 0.6 is 0 Å². The number of anilines is 1. The molecule has 2 rings (SSSR count). The maximum Gasteiger partial charge on any atom is 0.125 e. The van der Waals surface area contributed by atoms with Crippen LogP contribution in [0.2, 0.25) is 0 Å². The van der Waals surface area contributed by atoms with Gasteiger partial charge >= 0.3 is 0 Å². The summed E-state index contributed by atoms with van der Waals surface area (Å²) in [6.45, 7) is 4.22. The molecule has 0 fully saturated rings. The van der Waals surface area contributed by atoms with Crippen molar-refractivity contribution in [2.24, 2.45) is 14.1 Å². The first kappa shape index (κ1) is 10.7. The fourth-order valence-electron chi connectivity index (χ4n) is 1.85. The van der Waals surface area contributed by atoms with Gasteiger partial charge in [-0.15, -0.1) is 0 Å².